The van der Waals surface area contributed by atoms with Crippen LogP contribution in [-0.4, -0.2) is 24.5 Å². The van der Waals surface area contributed by atoms with E-state index in [0.29, 0.717) is 5.69 Å². The quantitative estimate of drug-likeness (QED) is 0.746. The fraction of sp³-hybridized carbons (Fsp3) is 0.0625. The number of nitrogens with zero attached hydrogens (tertiary/aromatic N) is 2. The molecule has 0 aliphatic rings. The smallest absolute Gasteiger partial charge is 0.175 e. The van der Waals surface area contributed by atoms with Gasteiger partial charge in [0.15, 0.2) is 9.84 Å². The molecule has 0 atom stereocenters. The highest BCUT2D eigenvalue weighted by molar-refractivity contribution is 7.90. The number of rotatable bonds is 3. The first-order valence-electron chi connectivity index (χ1n) is 6.55. The first-order chi connectivity index (χ1) is 10.4. The van der Waals surface area contributed by atoms with Crippen molar-refractivity contribution in [3.8, 4) is 16.9 Å². The van der Waals surface area contributed by atoms with E-state index in [0.717, 1.165) is 11.3 Å². The van der Waals surface area contributed by atoms with E-state index >= 15 is 0 Å². The zero-order chi connectivity index (χ0) is 15.7. The van der Waals surface area contributed by atoms with Crippen LogP contribution < -0.4 is 0 Å². The third-order valence-corrected chi connectivity index (χ3v) is 4.39. The van der Waals surface area contributed by atoms with Crippen LogP contribution in [0.2, 0.25) is 0 Å². The Morgan fingerprint density at radius 3 is 2.18 bits per heavy atom. The van der Waals surface area contributed by atoms with Crippen LogP contribution in [0.5, 0.6) is 0 Å². The third-order valence-electron chi connectivity index (χ3n) is 3.26. The maximum atomic E-state index is 12.9. The van der Waals surface area contributed by atoms with E-state index in [2.05, 4.69) is 5.10 Å². The van der Waals surface area contributed by atoms with Crippen molar-refractivity contribution >= 4 is 9.84 Å². The second-order valence-corrected chi connectivity index (χ2v) is 6.93. The molecule has 0 spiro atoms. The molecule has 112 valence electrons. The summed E-state index contributed by atoms with van der Waals surface area (Å²) in [6, 6.07) is 14.4. The lowest BCUT2D eigenvalue weighted by molar-refractivity contribution is 0.602. The Bertz CT molecular complexity index is 898. The standard InChI is InChI=1S/C16H13FN2O2S/c1-22(20,21)15-8-6-14(7-9-15)19-11-10-16(18-19)12-2-4-13(17)5-3-12/h2-11H,1H3. The molecular formula is C16H13FN2O2S. The van der Waals surface area contributed by atoms with E-state index in [1.54, 1.807) is 47.3 Å². The predicted molar refractivity (Wildman–Crippen MR) is 82.1 cm³/mol. The van der Waals surface area contributed by atoms with Crippen molar-refractivity contribution < 1.29 is 12.8 Å². The number of benzene rings is 2. The molecule has 0 saturated carbocycles. The average Bonchev–Trinajstić information content (AvgIpc) is 2.97. The highest BCUT2D eigenvalue weighted by atomic mass is 32.2. The molecular weight excluding hydrogens is 303 g/mol. The first kappa shape index (κ1) is 14.5. The fourth-order valence-corrected chi connectivity index (χ4v) is 2.72. The summed E-state index contributed by atoms with van der Waals surface area (Å²) in [6.45, 7) is 0. The van der Waals surface area contributed by atoms with Gasteiger partial charge in [0.05, 0.1) is 16.3 Å². The van der Waals surface area contributed by atoms with Gasteiger partial charge in [-0.05, 0) is 54.6 Å². The van der Waals surface area contributed by atoms with Crippen LogP contribution in [0.4, 0.5) is 4.39 Å². The Morgan fingerprint density at radius 1 is 0.955 bits per heavy atom. The summed E-state index contributed by atoms with van der Waals surface area (Å²) in [5.41, 5.74) is 2.28. The van der Waals surface area contributed by atoms with Crippen LogP contribution in [0.1, 0.15) is 0 Å². The second kappa shape index (κ2) is 5.38. The average molecular weight is 316 g/mol. The Morgan fingerprint density at radius 2 is 1.59 bits per heavy atom. The molecule has 6 heteroatoms. The summed E-state index contributed by atoms with van der Waals surface area (Å²) in [5.74, 6) is -0.292. The first-order valence-corrected chi connectivity index (χ1v) is 8.45. The summed E-state index contributed by atoms with van der Waals surface area (Å²) in [4.78, 5) is 0.266. The molecule has 0 bridgehead atoms. The highest BCUT2D eigenvalue weighted by Gasteiger charge is 2.08. The van der Waals surface area contributed by atoms with Crippen molar-refractivity contribution in [2.24, 2.45) is 0 Å². The Balaban J connectivity index is 1.92. The van der Waals surface area contributed by atoms with Gasteiger partial charge >= 0.3 is 0 Å². The zero-order valence-electron chi connectivity index (χ0n) is 11.8. The molecule has 0 aliphatic carbocycles. The molecule has 22 heavy (non-hydrogen) atoms. The van der Waals surface area contributed by atoms with Gasteiger partial charge in [0.2, 0.25) is 0 Å². The molecule has 4 nitrogen and oxygen atoms in total. The Kier molecular flexibility index (Phi) is 3.54. The normalized spacial score (nSPS) is 11.5. The van der Waals surface area contributed by atoms with Crippen LogP contribution in [0.15, 0.2) is 65.7 Å². The van der Waals surface area contributed by atoms with Gasteiger partial charge in [0, 0.05) is 18.0 Å². The van der Waals surface area contributed by atoms with E-state index in [9.17, 15) is 12.8 Å². The van der Waals surface area contributed by atoms with E-state index < -0.39 is 9.84 Å². The summed E-state index contributed by atoms with van der Waals surface area (Å²) in [5, 5.41) is 4.42. The molecule has 3 rings (SSSR count). The van der Waals surface area contributed by atoms with E-state index in [1.165, 1.54) is 18.4 Å². The molecule has 1 heterocycles. The minimum atomic E-state index is -3.21. The van der Waals surface area contributed by atoms with Crippen LogP contribution >= 0.6 is 0 Å². The minimum Gasteiger partial charge on any atom is -0.240 e. The summed E-state index contributed by atoms with van der Waals surface area (Å²) < 4.78 is 37.5. The molecule has 3 aromatic rings. The van der Waals surface area contributed by atoms with Crippen LogP contribution in [0.3, 0.4) is 0 Å². The van der Waals surface area contributed by atoms with Crippen molar-refractivity contribution in [2.45, 2.75) is 4.90 Å². The summed E-state index contributed by atoms with van der Waals surface area (Å²) >= 11 is 0. The monoisotopic (exact) mass is 316 g/mol. The predicted octanol–water partition coefficient (Wildman–Crippen LogP) is 3.08. The van der Waals surface area contributed by atoms with Gasteiger partial charge in [0.1, 0.15) is 5.82 Å². The van der Waals surface area contributed by atoms with Crippen molar-refractivity contribution in [1.82, 2.24) is 9.78 Å². The van der Waals surface area contributed by atoms with Crippen LogP contribution in [0.25, 0.3) is 16.9 Å². The summed E-state index contributed by atoms with van der Waals surface area (Å²) in [7, 11) is -3.21. The van der Waals surface area contributed by atoms with Gasteiger partial charge < -0.3 is 0 Å². The SMILES string of the molecule is CS(=O)(=O)c1ccc(-n2ccc(-c3ccc(F)cc3)n2)cc1. The Hall–Kier alpha value is -2.47. The van der Waals surface area contributed by atoms with Crippen LogP contribution in [0, 0.1) is 5.82 Å². The lowest BCUT2D eigenvalue weighted by atomic mass is 10.1. The lowest BCUT2D eigenvalue weighted by Gasteiger charge is -2.03. The molecule has 0 amide bonds. The van der Waals surface area contributed by atoms with E-state index in [-0.39, 0.29) is 10.7 Å². The van der Waals surface area contributed by atoms with Crippen molar-refractivity contribution in [3.05, 3.63) is 66.6 Å². The van der Waals surface area contributed by atoms with Crippen LogP contribution in [-0.2, 0) is 9.84 Å². The number of sulfone groups is 1. The maximum Gasteiger partial charge on any atom is 0.175 e. The van der Waals surface area contributed by atoms with Crippen molar-refractivity contribution in [1.29, 1.82) is 0 Å². The molecule has 2 aromatic carbocycles. The Labute approximate surface area is 127 Å². The van der Waals surface area contributed by atoms with Gasteiger partial charge in [-0.3, -0.25) is 0 Å². The van der Waals surface area contributed by atoms with Gasteiger partial charge in [-0.1, -0.05) is 0 Å². The second-order valence-electron chi connectivity index (χ2n) is 4.92. The third kappa shape index (κ3) is 2.92. The fourth-order valence-electron chi connectivity index (χ4n) is 2.09. The minimum absolute atomic E-state index is 0.266. The molecule has 1 aromatic heterocycles. The number of hydrogen-bond acceptors (Lipinski definition) is 3. The molecule has 0 unspecified atom stereocenters. The summed E-state index contributed by atoms with van der Waals surface area (Å²) in [6.07, 6.45) is 2.94. The largest absolute Gasteiger partial charge is 0.240 e. The van der Waals surface area contributed by atoms with Gasteiger partial charge in [-0.2, -0.15) is 5.10 Å². The lowest BCUT2D eigenvalue weighted by Crippen LogP contribution is -1.99. The molecule has 0 radical (unpaired) electrons. The van der Waals surface area contributed by atoms with E-state index in [4.69, 9.17) is 0 Å². The maximum absolute atomic E-state index is 12.9. The zero-order valence-corrected chi connectivity index (χ0v) is 12.6. The topological polar surface area (TPSA) is 52.0 Å². The number of halogens is 1. The molecule has 0 aliphatic heterocycles. The van der Waals surface area contributed by atoms with Crippen molar-refractivity contribution in [2.75, 3.05) is 6.26 Å². The molecule has 0 saturated heterocycles. The number of hydrogen-bond donors (Lipinski definition) is 0. The van der Waals surface area contributed by atoms with Gasteiger partial charge in [-0.15, -0.1) is 0 Å². The van der Waals surface area contributed by atoms with Gasteiger partial charge in [0.25, 0.3) is 0 Å². The van der Waals surface area contributed by atoms with Gasteiger partial charge in [-0.25, -0.2) is 17.5 Å². The van der Waals surface area contributed by atoms with Crippen molar-refractivity contribution in [3.63, 3.8) is 0 Å². The van der Waals surface area contributed by atoms with E-state index in [1.807, 2.05) is 6.07 Å². The molecule has 0 fully saturated rings. The highest BCUT2D eigenvalue weighted by Crippen LogP contribution is 2.19. The molecule has 0 N–H and O–H groups in total. The number of aromatic nitrogens is 2.